The molecule has 0 aromatic heterocycles. The van der Waals surface area contributed by atoms with Gasteiger partial charge >= 0.3 is 0 Å². The van der Waals surface area contributed by atoms with Crippen LogP contribution in [-0.2, 0) is 0 Å². The highest BCUT2D eigenvalue weighted by molar-refractivity contribution is 7.84. The lowest BCUT2D eigenvalue weighted by atomic mass is 10.0. The summed E-state index contributed by atoms with van der Waals surface area (Å²) in [5.41, 5.74) is 2.23. The number of hydrogen-bond acceptors (Lipinski definition) is 4. The summed E-state index contributed by atoms with van der Waals surface area (Å²) >= 11 is 9.38. The van der Waals surface area contributed by atoms with Crippen LogP contribution in [0.1, 0.15) is 21.6 Å². The van der Waals surface area contributed by atoms with Gasteiger partial charge in [0.1, 0.15) is 11.5 Å². The summed E-state index contributed by atoms with van der Waals surface area (Å²) in [4.78, 5) is 0. The molecule has 0 saturated heterocycles. The molecule has 0 bridgehead atoms. The van der Waals surface area contributed by atoms with Gasteiger partial charge in [0.05, 0.1) is 14.2 Å². The number of rotatable bonds is 5. The fourth-order valence-corrected chi connectivity index (χ4v) is 2.66. The molecule has 2 nitrogen and oxygen atoms in total. The average molecular weight is 306 g/mol. The molecule has 2 atom stereocenters. The first-order valence-corrected chi connectivity index (χ1v) is 7.33. The third-order valence-corrected chi connectivity index (χ3v) is 4.64. The van der Waals surface area contributed by atoms with Gasteiger partial charge in [0.2, 0.25) is 0 Å². The molecule has 0 heterocycles. The van der Waals surface area contributed by atoms with E-state index >= 15 is 0 Å². The predicted octanol–water partition coefficient (Wildman–Crippen LogP) is 4.35. The zero-order valence-electron chi connectivity index (χ0n) is 11.5. The van der Waals surface area contributed by atoms with E-state index in [-0.39, 0.29) is 10.5 Å². The molecule has 4 heteroatoms. The number of hydrogen-bond donors (Lipinski definition) is 2. The lowest BCUT2D eigenvalue weighted by molar-refractivity contribution is 0.414. The molecule has 0 fully saturated rings. The minimum absolute atomic E-state index is 0.0117. The maximum absolute atomic E-state index is 5.16. The highest BCUT2D eigenvalue weighted by atomic mass is 32.1. The van der Waals surface area contributed by atoms with Crippen LogP contribution in [0.4, 0.5) is 0 Å². The number of thiol groups is 2. The second-order valence-corrected chi connectivity index (χ2v) is 5.55. The van der Waals surface area contributed by atoms with Crippen molar-refractivity contribution in [2.24, 2.45) is 0 Å². The van der Waals surface area contributed by atoms with Crippen molar-refractivity contribution < 1.29 is 9.47 Å². The first kappa shape index (κ1) is 15.1. The van der Waals surface area contributed by atoms with E-state index in [2.05, 4.69) is 25.3 Å². The van der Waals surface area contributed by atoms with E-state index in [4.69, 9.17) is 9.47 Å². The van der Waals surface area contributed by atoms with E-state index in [0.717, 1.165) is 22.6 Å². The van der Waals surface area contributed by atoms with Gasteiger partial charge in [-0.25, -0.2) is 0 Å². The summed E-state index contributed by atoms with van der Waals surface area (Å²) in [6, 6.07) is 15.8. The Bertz CT molecular complexity index is 486. The van der Waals surface area contributed by atoms with Crippen molar-refractivity contribution >= 4 is 25.3 Å². The molecule has 0 N–H and O–H groups in total. The molecular weight excluding hydrogens is 288 g/mol. The summed E-state index contributed by atoms with van der Waals surface area (Å²) in [6.07, 6.45) is 0. The van der Waals surface area contributed by atoms with Crippen LogP contribution in [0.15, 0.2) is 48.5 Å². The normalized spacial score (nSPS) is 13.6. The van der Waals surface area contributed by atoms with Crippen molar-refractivity contribution in [2.75, 3.05) is 14.2 Å². The van der Waals surface area contributed by atoms with Gasteiger partial charge in [-0.2, -0.15) is 25.3 Å². The third kappa shape index (κ3) is 3.44. The van der Waals surface area contributed by atoms with Gasteiger partial charge < -0.3 is 9.47 Å². The maximum Gasteiger partial charge on any atom is 0.118 e. The van der Waals surface area contributed by atoms with Crippen LogP contribution in [0, 0.1) is 0 Å². The van der Waals surface area contributed by atoms with Gasteiger partial charge in [-0.15, -0.1) is 0 Å². The Morgan fingerprint density at radius 1 is 0.650 bits per heavy atom. The summed E-state index contributed by atoms with van der Waals surface area (Å²) in [5.74, 6) is 1.68. The van der Waals surface area contributed by atoms with Crippen LogP contribution in [-0.4, -0.2) is 14.2 Å². The third-order valence-electron chi connectivity index (χ3n) is 3.21. The van der Waals surface area contributed by atoms with Gasteiger partial charge in [0.15, 0.2) is 0 Å². The van der Waals surface area contributed by atoms with Gasteiger partial charge in [-0.1, -0.05) is 24.3 Å². The monoisotopic (exact) mass is 306 g/mol. The highest BCUT2D eigenvalue weighted by Crippen LogP contribution is 2.39. The minimum Gasteiger partial charge on any atom is -0.497 e. The second kappa shape index (κ2) is 6.95. The molecule has 0 amide bonds. The highest BCUT2D eigenvalue weighted by Gasteiger charge is 2.18. The van der Waals surface area contributed by atoms with Gasteiger partial charge in [0, 0.05) is 10.5 Å². The minimum atomic E-state index is 0.0117. The Kier molecular flexibility index (Phi) is 5.26. The van der Waals surface area contributed by atoms with E-state index in [1.165, 1.54) is 0 Å². The Hall–Kier alpha value is -1.26. The quantitative estimate of drug-likeness (QED) is 0.800. The van der Waals surface area contributed by atoms with Crippen LogP contribution in [0.3, 0.4) is 0 Å². The summed E-state index contributed by atoms with van der Waals surface area (Å²) in [7, 11) is 3.32. The molecule has 0 aliphatic heterocycles. The fourth-order valence-electron chi connectivity index (χ4n) is 1.97. The molecule has 2 aromatic carbocycles. The van der Waals surface area contributed by atoms with E-state index in [1.54, 1.807) is 14.2 Å². The summed E-state index contributed by atoms with van der Waals surface area (Å²) in [5, 5.41) is 0.0234. The SMILES string of the molecule is COc1ccc(C(S)C(S)c2ccc(OC)cc2)cc1. The number of ether oxygens (including phenoxy) is 2. The van der Waals surface area contributed by atoms with Crippen LogP contribution in [0.25, 0.3) is 0 Å². The topological polar surface area (TPSA) is 18.5 Å². The van der Waals surface area contributed by atoms with Gasteiger partial charge in [-0.05, 0) is 35.4 Å². The number of benzene rings is 2. The molecule has 0 aliphatic rings. The van der Waals surface area contributed by atoms with Crippen LogP contribution in [0.5, 0.6) is 11.5 Å². The Morgan fingerprint density at radius 2 is 0.950 bits per heavy atom. The molecule has 0 radical (unpaired) electrons. The van der Waals surface area contributed by atoms with Crippen molar-refractivity contribution in [3.05, 3.63) is 59.7 Å². The first-order valence-electron chi connectivity index (χ1n) is 6.29. The van der Waals surface area contributed by atoms with Gasteiger partial charge in [-0.3, -0.25) is 0 Å². The van der Waals surface area contributed by atoms with Crippen molar-refractivity contribution in [3.8, 4) is 11.5 Å². The molecule has 0 spiro atoms. The average Bonchev–Trinajstić information content (AvgIpc) is 2.53. The molecule has 2 rings (SSSR count). The van der Waals surface area contributed by atoms with Crippen molar-refractivity contribution in [1.82, 2.24) is 0 Å². The van der Waals surface area contributed by atoms with Crippen molar-refractivity contribution in [2.45, 2.75) is 10.5 Å². The molecule has 106 valence electrons. The zero-order valence-corrected chi connectivity index (χ0v) is 13.3. The molecule has 2 unspecified atom stereocenters. The molecule has 0 aliphatic carbocycles. The standard InChI is InChI=1S/C16H18O2S2/c1-17-13-7-3-11(4-8-13)15(19)16(20)12-5-9-14(18-2)10-6-12/h3-10,15-16,19-20H,1-2H3. The fraction of sp³-hybridized carbons (Fsp3) is 0.250. The largest absolute Gasteiger partial charge is 0.497 e. The van der Waals surface area contributed by atoms with Crippen LogP contribution < -0.4 is 9.47 Å². The maximum atomic E-state index is 5.16. The van der Waals surface area contributed by atoms with E-state index in [0.29, 0.717) is 0 Å². The lowest BCUT2D eigenvalue weighted by Crippen LogP contribution is -2.00. The molecule has 20 heavy (non-hydrogen) atoms. The molecule has 0 saturated carbocycles. The van der Waals surface area contributed by atoms with Crippen LogP contribution >= 0.6 is 25.3 Å². The van der Waals surface area contributed by atoms with Gasteiger partial charge in [0.25, 0.3) is 0 Å². The first-order chi connectivity index (χ1) is 9.65. The Labute approximate surface area is 130 Å². The molecule has 2 aromatic rings. The second-order valence-electron chi connectivity index (χ2n) is 4.44. The van der Waals surface area contributed by atoms with E-state index in [1.807, 2.05) is 48.5 Å². The predicted molar refractivity (Wildman–Crippen MR) is 89.4 cm³/mol. The van der Waals surface area contributed by atoms with Crippen molar-refractivity contribution in [1.29, 1.82) is 0 Å². The smallest absolute Gasteiger partial charge is 0.118 e. The number of methoxy groups -OCH3 is 2. The zero-order chi connectivity index (χ0) is 14.5. The Morgan fingerprint density at radius 3 is 1.20 bits per heavy atom. The van der Waals surface area contributed by atoms with E-state index < -0.39 is 0 Å². The van der Waals surface area contributed by atoms with Crippen molar-refractivity contribution in [3.63, 3.8) is 0 Å². The molecular formula is C16H18O2S2. The summed E-state index contributed by atoms with van der Waals surface area (Å²) in [6.45, 7) is 0. The lowest BCUT2D eigenvalue weighted by Gasteiger charge is -2.19. The Balaban J connectivity index is 2.15. The van der Waals surface area contributed by atoms with Crippen LogP contribution in [0.2, 0.25) is 0 Å². The van der Waals surface area contributed by atoms with E-state index in [9.17, 15) is 0 Å². The summed E-state index contributed by atoms with van der Waals surface area (Å²) < 4.78 is 10.3.